The predicted molar refractivity (Wildman–Crippen MR) is 94.0 cm³/mol. The molecule has 3 aromatic heterocycles. The number of rotatable bonds is 4. The fourth-order valence-corrected chi connectivity index (χ4v) is 3.12. The summed E-state index contributed by atoms with van der Waals surface area (Å²) in [7, 11) is 0. The van der Waals surface area contributed by atoms with Crippen molar-refractivity contribution in [1.29, 1.82) is 0 Å². The van der Waals surface area contributed by atoms with Gasteiger partial charge in [-0.25, -0.2) is 0 Å². The van der Waals surface area contributed by atoms with Crippen LogP contribution < -0.4 is 5.32 Å². The maximum absolute atomic E-state index is 5.20. The van der Waals surface area contributed by atoms with Gasteiger partial charge in [0.25, 0.3) is 0 Å². The third kappa shape index (κ3) is 2.54. The molecule has 0 aliphatic carbocycles. The summed E-state index contributed by atoms with van der Waals surface area (Å²) in [5.41, 5.74) is 4.51. The van der Waals surface area contributed by atoms with Gasteiger partial charge in [-0.3, -0.25) is 4.98 Å². The number of hydrogen-bond donors (Lipinski definition) is 2. The van der Waals surface area contributed by atoms with Gasteiger partial charge in [0.2, 0.25) is 0 Å². The SMILES string of the molecule is Cc1cc(NC(c2cccnc2)c2c(C)[nH]c3ccccc23)no1. The zero-order valence-corrected chi connectivity index (χ0v) is 13.6. The highest BCUT2D eigenvalue weighted by Gasteiger charge is 2.22. The van der Waals surface area contributed by atoms with Crippen LogP contribution in [-0.2, 0) is 0 Å². The van der Waals surface area contributed by atoms with Gasteiger partial charge in [-0.05, 0) is 31.5 Å². The van der Waals surface area contributed by atoms with Gasteiger partial charge >= 0.3 is 0 Å². The zero-order valence-electron chi connectivity index (χ0n) is 13.6. The number of aromatic amines is 1. The standard InChI is InChI=1S/C19H18N4O/c1-12-10-17(23-24-12)22-19(14-6-5-9-20-11-14)18-13(2)21-16-8-4-3-7-15(16)18/h3-11,19,21H,1-2H3,(H,22,23). The van der Waals surface area contributed by atoms with Crippen LogP contribution in [0.4, 0.5) is 5.82 Å². The minimum absolute atomic E-state index is 0.0700. The minimum atomic E-state index is -0.0700. The van der Waals surface area contributed by atoms with Crippen LogP contribution in [0.3, 0.4) is 0 Å². The number of nitrogens with zero attached hydrogens (tertiary/aromatic N) is 2. The molecule has 2 N–H and O–H groups in total. The molecule has 1 unspecified atom stereocenters. The molecular formula is C19H18N4O. The molecule has 120 valence electrons. The summed E-state index contributed by atoms with van der Waals surface area (Å²) in [5.74, 6) is 1.49. The number of H-pyrrole nitrogens is 1. The molecule has 1 aromatic carbocycles. The molecule has 0 fully saturated rings. The van der Waals surface area contributed by atoms with Gasteiger partial charge in [-0.15, -0.1) is 0 Å². The molecule has 3 heterocycles. The van der Waals surface area contributed by atoms with Crippen molar-refractivity contribution < 1.29 is 4.52 Å². The van der Waals surface area contributed by atoms with E-state index in [-0.39, 0.29) is 6.04 Å². The molecule has 5 heteroatoms. The van der Waals surface area contributed by atoms with E-state index in [2.05, 4.69) is 51.6 Å². The molecule has 4 aromatic rings. The molecule has 0 aliphatic heterocycles. The van der Waals surface area contributed by atoms with Crippen molar-refractivity contribution in [3.8, 4) is 0 Å². The third-order valence-corrected chi connectivity index (χ3v) is 4.17. The second kappa shape index (κ2) is 5.85. The molecule has 5 nitrogen and oxygen atoms in total. The summed E-state index contributed by atoms with van der Waals surface area (Å²) in [4.78, 5) is 7.74. The number of anilines is 1. The van der Waals surface area contributed by atoms with Crippen molar-refractivity contribution in [2.24, 2.45) is 0 Å². The number of aromatic nitrogens is 3. The summed E-state index contributed by atoms with van der Waals surface area (Å²) in [6.07, 6.45) is 3.66. The fraction of sp³-hybridized carbons (Fsp3) is 0.158. The largest absolute Gasteiger partial charge is 0.360 e. The van der Waals surface area contributed by atoms with Gasteiger partial charge in [0.05, 0.1) is 6.04 Å². The monoisotopic (exact) mass is 318 g/mol. The van der Waals surface area contributed by atoms with E-state index in [9.17, 15) is 0 Å². The van der Waals surface area contributed by atoms with Crippen LogP contribution >= 0.6 is 0 Å². The molecule has 4 rings (SSSR count). The van der Waals surface area contributed by atoms with E-state index in [0.29, 0.717) is 5.82 Å². The quantitative estimate of drug-likeness (QED) is 0.586. The number of para-hydroxylation sites is 1. The molecule has 0 amide bonds. The first-order chi connectivity index (χ1) is 11.7. The molecule has 0 spiro atoms. The fourth-order valence-electron chi connectivity index (χ4n) is 3.12. The summed E-state index contributed by atoms with van der Waals surface area (Å²) < 4.78 is 5.20. The molecular weight excluding hydrogens is 300 g/mol. The van der Waals surface area contributed by atoms with Crippen molar-refractivity contribution in [3.63, 3.8) is 0 Å². The summed E-state index contributed by atoms with van der Waals surface area (Å²) in [6, 6.07) is 14.2. The molecule has 0 saturated heterocycles. The predicted octanol–water partition coefficient (Wildman–Crippen LogP) is 4.37. The van der Waals surface area contributed by atoms with E-state index in [1.165, 1.54) is 10.9 Å². The number of fused-ring (bicyclic) bond motifs is 1. The van der Waals surface area contributed by atoms with Crippen LogP contribution in [0.2, 0.25) is 0 Å². The lowest BCUT2D eigenvalue weighted by atomic mass is 9.97. The first-order valence-corrected chi connectivity index (χ1v) is 7.89. The normalized spacial score (nSPS) is 12.4. The van der Waals surface area contributed by atoms with Gasteiger partial charge in [0, 0.05) is 40.6 Å². The van der Waals surface area contributed by atoms with Crippen LogP contribution in [0.1, 0.15) is 28.6 Å². The molecule has 0 saturated carbocycles. The average Bonchev–Trinajstić information content (AvgIpc) is 3.16. The van der Waals surface area contributed by atoms with Crippen molar-refractivity contribution in [2.75, 3.05) is 5.32 Å². The Bertz CT molecular complexity index is 971. The van der Waals surface area contributed by atoms with Crippen LogP contribution in [0, 0.1) is 13.8 Å². The minimum Gasteiger partial charge on any atom is -0.360 e. The number of hydrogen-bond acceptors (Lipinski definition) is 4. The van der Waals surface area contributed by atoms with E-state index in [4.69, 9.17) is 4.52 Å². The Morgan fingerprint density at radius 3 is 2.75 bits per heavy atom. The lowest BCUT2D eigenvalue weighted by Gasteiger charge is -2.19. The van der Waals surface area contributed by atoms with Gasteiger partial charge in [-0.2, -0.15) is 0 Å². The smallest absolute Gasteiger partial charge is 0.170 e. The highest BCUT2D eigenvalue weighted by atomic mass is 16.5. The summed E-state index contributed by atoms with van der Waals surface area (Å²) in [5, 5.41) is 8.76. The first-order valence-electron chi connectivity index (χ1n) is 7.89. The van der Waals surface area contributed by atoms with Crippen LogP contribution in [0.25, 0.3) is 10.9 Å². The Hall–Kier alpha value is -3.08. The van der Waals surface area contributed by atoms with Crippen molar-refractivity contribution in [2.45, 2.75) is 19.9 Å². The molecule has 0 bridgehead atoms. The Morgan fingerprint density at radius 2 is 2.00 bits per heavy atom. The van der Waals surface area contributed by atoms with E-state index in [0.717, 1.165) is 22.5 Å². The highest BCUT2D eigenvalue weighted by Crippen LogP contribution is 2.34. The molecule has 1 atom stereocenters. The van der Waals surface area contributed by atoms with E-state index in [1.54, 1.807) is 6.20 Å². The Labute approximate surface area is 139 Å². The number of aryl methyl sites for hydroxylation is 2. The van der Waals surface area contributed by atoms with E-state index < -0.39 is 0 Å². The number of benzene rings is 1. The molecule has 0 aliphatic rings. The molecule has 24 heavy (non-hydrogen) atoms. The second-order valence-corrected chi connectivity index (χ2v) is 5.90. The van der Waals surface area contributed by atoms with Crippen molar-refractivity contribution in [3.05, 3.63) is 77.4 Å². The van der Waals surface area contributed by atoms with Crippen LogP contribution in [0.15, 0.2) is 59.4 Å². The second-order valence-electron chi connectivity index (χ2n) is 5.90. The van der Waals surface area contributed by atoms with Crippen LogP contribution in [-0.4, -0.2) is 15.1 Å². The van der Waals surface area contributed by atoms with Crippen LogP contribution in [0.5, 0.6) is 0 Å². The maximum atomic E-state index is 5.20. The average molecular weight is 318 g/mol. The van der Waals surface area contributed by atoms with E-state index >= 15 is 0 Å². The van der Waals surface area contributed by atoms with Crippen molar-refractivity contribution >= 4 is 16.7 Å². The van der Waals surface area contributed by atoms with Gasteiger partial charge in [0.1, 0.15) is 5.76 Å². The number of nitrogens with one attached hydrogen (secondary N) is 2. The lowest BCUT2D eigenvalue weighted by molar-refractivity contribution is 0.399. The summed E-state index contributed by atoms with van der Waals surface area (Å²) in [6.45, 7) is 3.97. The zero-order chi connectivity index (χ0) is 16.5. The Balaban J connectivity index is 1.87. The van der Waals surface area contributed by atoms with Crippen molar-refractivity contribution in [1.82, 2.24) is 15.1 Å². The lowest BCUT2D eigenvalue weighted by Crippen LogP contribution is -2.13. The number of pyridine rings is 1. The topological polar surface area (TPSA) is 66.7 Å². The van der Waals surface area contributed by atoms with Gasteiger partial charge in [0.15, 0.2) is 5.82 Å². The van der Waals surface area contributed by atoms with Gasteiger partial charge < -0.3 is 14.8 Å². The third-order valence-electron chi connectivity index (χ3n) is 4.17. The first kappa shape index (κ1) is 14.5. The summed E-state index contributed by atoms with van der Waals surface area (Å²) >= 11 is 0. The maximum Gasteiger partial charge on any atom is 0.170 e. The van der Waals surface area contributed by atoms with Gasteiger partial charge in [-0.1, -0.05) is 29.4 Å². The molecule has 0 radical (unpaired) electrons. The Morgan fingerprint density at radius 1 is 1.12 bits per heavy atom. The highest BCUT2D eigenvalue weighted by molar-refractivity contribution is 5.86. The Kier molecular flexibility index (Phi) is 3.54. The van der Waals surface area contributed by atoms with E-state index in [1.807, 2.05) is 31.3 Å².